The number of hydrogen-bond acceptors (Lipinski definition) is 6. The van der Waals surface area contributed by atoms with Crippen LogP contribution < -0.4 is 0 Å². The Hall–Kier alpha value is -5.57. The number of aromatic amines is 1. The summed E-state index contributed by atoms with van der Waals surface area (Å²) in [5.74, 6) is -0.901. The number of aromatic hydroxyl groups is 1. The maximum absolute atomic E-state index is 14.8. The number of carbonyl (C=O) groups excluding carboxylic acids is 3. The number of rotatable bonds is 5. The number of fused-ring (bicyclic) bond motifs is 6. The Morgan fingerprint density at radius 1 is 0.854 bits per heavy atom. The molecule has 242 valence electrons. The quantitative estimate of drug-likeness (QED) is 0.218. The third kappa shape index (κ3) is 4.80. The average molecular weight is 642 g/mol. The van der Waals surface area contributed by atoms with Crippen molar-refractivity contribution in [3.05, 3.63) is 125 Å². The molecule has 9 heteroatoms. The number of nitrogens with zero attached hydrogens (tertiary/aromatic N) is 2. The van der Waals surface area contributed by atoms with Gasteiger partial charge in [-0.1, -0.05) is 78.9 Å². The second-order valence-electron chi connectivity index (χ2n) is 12.7. The molecule has 2 amide bonds. The zero-order chi connectivity index (χ0) is 32.9. The number of amides is 2. The first-order chi connectivity index (χ1) is 23.4. The van der Waals surface area contributed by atoms with Crippen molar-refractivity contribution in [2.45, 2.75) is 43.3 Å². The van der Waals surface area contributed by atoms with E-state index in [4.69, 9.17) is 9.47 Å². The molecule has 4 aromatic carbocycles. The predicted molar refractivity (Wildman–Crippen MR) is 179 cm³/mol. The van der Waals surface area contributed by atoms with Crippen molar-refractivity contribution in [3.63, 3.8) is 0 Å². The molecule has 0 bridgehead atoms. The van der Waals surface area contributed by atoms with E-state index < -0.39 is 30.2 Å². The van der Waals surface area contributed by atoms with E-state index in [0.29, 0.717) is 24.9 Å². The van der Waals surface area contributed by atoms with Crippen LogP contribution in [0.4, 0.5) is 4.79 Å². The molecule has 0 unspecified atom stereocenters. The molecule has 2 N–H and O–H groups in total. The summed E-state index contributed by atoms with van der Waals surface area (Å²) in [6, 6.07) is 28.4. The summed E-state index contributed by atoms with van der Waals surface area (Å²) >= 11 is 0. The molecule has 0 saturated carbocycles. The highest BCUT2D eigenvalue weighted by Gasteiger charge is 2.48. The van der Waals surface area contributed by atoms with Crippen LogP contribution in [0.3, 0.4) is 0 Å². The van der Waals surface area contributed by atoms with Gasteiger partial charge in [0.2, 0.25) is 5.91 Å². The normalized spacial score (nSPS) is 19.9. The average Bonchev–Trinajstić information content (AvgIpc) is 3.84. The van der Waals surface area contributed by atoms with Crippen molar-refractivity contribution in [1.29, 1.82) is 0 Å². The summed E-state index contributed by atoms with van der Waals surface area (Å²) in [4.78, 5) is 48.7. The summed E-state index contributed by atoms with van der Waals surface area (Å²) in [5, 5.41) is 11.1. The van der Waals surface area contributed by atoms with Crippen LogP contribution in [0, 0.1) is 0 Å². The number of H-pyrrole nitrogens is 1. The number of aromatic nitrogens is 1. The van der Waals surface area contributed by atoms with E-state index in [2.05, 4.69) is 29.2 Å². The number of likely N-dealkylation sites (tertiary alicyclic amines) is 1. The third-order valence-electron chi connectivity index (χ3n) is 10.2. The van der Waals surface area contributed by atoms with Gasteiger partial charge in [-0.3, -0.25) is 9.69 Å². The van der Waals surface area contributed by atoms with Crippen LogP contribution in [0.1, 0.15) is 52.7 Å². The number of methoxy groups -OCH3 is 1. The highest BCUT2D eigenvalue weighted by molar-refractivity contribution is 5.94. The van der Waals surface area contributed by atoms with Crippen molar-refractivity contribution in [3.8, 4) is 16.9 Å². The number of para-hydroxylation sites is 1. The lowest BCUT2D eigenvalue weighted by molar-refractivity contribution is -0.156. The Bertz CT molecular complexity index is 2010. The van der Waals surface area contributed by atoms with Gasteiger partial charge >= 0.3 is 12.1 Å². The Labute approximate surface area is 277 Å². The maximum Gasteiger partial charge on any atom is 0.410 e. The van der Waals surface area contributed by atoms with Gasteiger partial charge < -0.3 is 24.5 Å². The molecule has 1 aliphatic carbocycles. The van der Waals surface area contributed by atoms with Crippen LogP contribution in [-0.2, 0) is 25.5 Å². The molecule has 8 rings (SSSR count). The van der Waals surface area contributed by atoms with Gasteiger partial charge in [-0.2, -0.15) is 0 Å². The lowest BCUT2D eigenvalue weighted by atomic mass is 9.87. The highest BCUT2D eigenvalue weighted by Crippen LogP contribution is 2.45. The number of esters is 1. The number of ether oxygens (including phenoxy) is 2. The van der Waals surface area contributed by atoms with Crippen LogP contribution in [0.2, 0.25) is 0 Å². The van der Waals surface area contributed by atoms with Crippen LogP contribution in [-0.4, -0.2) is 70.2 Å². The van der Waals surface area contributed by atoms with Gasteiger partial charge in [-0.05, 0) is 64.4 Å². The molecule has 9 nitrogen and oxygen atoms in total. The molecule has 1 fully saturated rings. The minimum atomic E-state index is -0.932. The number of hydrogen-bond donors (Lipinski definition) is 2. The Balaban J connectivity index is 1.12. The molecule has 1 saturated heterocycles. The fourth-order valence-corrected chi connectivity index (χ4v) is 7.97. The molecule has 3 aliphatic rings. The summed E-state index contributed by atoms with van der Waals surface area (Å²) in [5.41, 5.74) is 7.84. The van der Waals surface area contributed by atoms with E-state index in [9.17, 15) is 19.5 Å². The van der Waals surface area contributed by atoms with E-state index in [0.717, 1.165) is 44.4 Å². The molecular formula is C39H35N3O6. The van der Waals surface area contributed by atoms with Crippen LogP contribution in [0.15, 0.2) is 97.1 Å². The molecule has 0 spiro atoms. The van der Waals surface area contributed by atoms with Gasteiger partial charge in [-0.25, -0.2) is 9.59 Å². The molecule has 3 heterocycles. The highest BCUT2D eigenvalue weighted by atomic mass is 16.6. The molecular weight excluding hydrogens is 606 g/mol. The standard InChI is InChI=1S/C39H35N3O6/c1-47-38(45)34-21-30-29-13-6-7-14-32(29)40-35(30)36(23-16-18-24(43)19-17-23)42(34)37(44)33-15-8-20-41(33)39(46)48-22-31-27-11-4-2-9-25(27)26-10-3-5-12-28(26)31/h2-7,9-14,16-19,31,33-34,36,40,43H,8,15,20-22H2,1H3/t33-,34-,36-/m0/s1. The first-order valence-corrected chi connectivity index (χ1v) is 16.3. The fraction of sp³-hybridized carbons (Fsp3) is 0.256. The summed E-state index contributed by atoms with van der Waals surface area (Å²) < 4.78 is 11.3. The van der Waals surface area contributed by atoms with Gasteiger partial charge in [0, 0.05) is 35.5 Å². The Morgan fingerprint density at radius 2 is 1.52 bits per heavy atom. The minimum absolute atomic E-state index is 0.0889. The largest absolute Gasteiger partial charge is 0.508 e. The Kier molecular flexibility index (Phi) is 7.39. The number of phenols is 1. The predicted octanol–water partition coefficient (Wildman–Crippen LogP) is 6.30. The number of carbonyl (C=O) groups is 3. The molecule has 1 aromatic heterocycles. The number of benzene rings is 4. The number of phenolic OH excluding ortho intramolecular Hbond substituents is 1. The first kappa shape index (κ1) is 29.8. The second kappa shape index (κ2) is 11.9. The van der Waals surface area contributed by atoms with Crippen molar-refractivity contribution >= 4 is 28.9 Å². The van der Waals surface area contributed by atoms with E-state index >= 15 is 0 Å². The van der Waals surface area contributed by atoms with Crippen molar-refractivity contribution in [1.82, 2.24) is 14.8 Å². The van der Waals surface area contributed by atoms with Gasteiger partial charge in [0.25, 0.3) is 0 Å². The zero-order valence-corrected chi connectivity index (χ0v) is 26.5. The molecule has 2 aliphatic heterocycles. The van der Waals surface area contributed by atoms with Crippen LogP contribution in [0.5, 0.6) is 5.75 Å². The smallest absolute Gasteiger partial charge is 0.410 e. The van der Waals surface area contributed by atoms with E-state index in [1.807, 2.05) is 48.5 Å². The zero-order valence-electron chi connectivity index (χ0n) is 26.5. The first-order valence-electron chi connectivity index (χ1n) is 16.3. The maximum atomic E-state index is 14.8. The second-order valence-corrected chi connectivity index (χ2v) is 12.7. The van der Waals surface area contributed by atoms with E-state index in [1.54, 1.807) is 29.2 Å². The van der Waals surface area contributed by atoms with Crippen molar-refractivity contribution in [2.24, 2.45) is 0 Å². The van der Waals surface area contributed by atoms with E-state index in [-0.39, 0.29) is 30.6 Å². The summed E-state index contributed by atoms with van der Waals surface area (Å²) in [6.45, 7) is 0.513. The Morgan fingerprint density at radius 3 is 2.23 bits per heavy atom. The minimum Gasteiger partial charge on any atom is -0.508 e. The SMILES string of the molecule is COC(=O)[C@@H]1Cc2c([nH]c3ccccc23)[C@H](c2ccc(O)cc2)N1C(=O)[C@@H]1CCCN1C(=O)OCC1c2ccccc2-c2ccccc21. The van der Waals surface area contributed by atoms with Gasteiger partial charge in [0.15, 0.2) is 0 Å². The third-order valence-corrected chi connectivity index (χ3v) is 10.2. The molecule has 48 heavy (non-hydrogen) atoms. The topological polar surface area (TPSA) is 112 Å². The summed E-state index contributed by atoms with van der Waals surface area (Å²) in [7, 11) is 1.32. The monoisotopic (exact) mass is 641 g/mol. The van der Waals surface area contributed by atoms with Gasteiger partial charge in [-0.15, -0.1) is 0 Å². The molecule has 0 radical (unpaired) electrons. The van der Waals surface area contributed by atoms with Gasteiger partial charge in [0.1, 0.15) is 24.4 Å². The molecule has 3 atom stereocenters. The lowest BCUT2D eigenvalue weighted by Gasteiger charge is -2.43. The summed E-state index contributed by atoms with van der Waals surface area (Å²) in [6.07, 6.45) is 0.768. The lowest BCUT2D eigenvalue weighted by Crippen LogP contribution is -2.57. The van der Waals surface area contributed by atoms with Crippen LogP contribution >= 0.6 is 0 Å². The fourth-order valence-electron chi connectivity index (χ4n) is 7.97. The van der Waals surface area contributed by atoms with E-state index in [1.165, 1.54) is 12.0 Å². The number of nitrogens with one attached hydrogen (secondary N) is 1. The van der Waals surface area contributed by atoms with Crippen LogP contribution in [0.25, 0.3) is 22.0 Å². The van der Waals surface area contributed by atoms with Crippen molar-refractivity contribution in [2.75, 3.05) is 20.3 Å². The van der Waals surface area contributed by atoms with Gasteiger partial charge in [0.05, 0.1) is 13.2 Å². The van der Waals surface area contributed by atoms with Crippen molar-refractivity contribution < 1.29 is 29.0 Å². The molecule has 5 aromatic rings.